The van der Waals surface area contributed by atoms with Crippen molar-refractivity contribution in [1.29, 1.82) is 0 Å². The highest BCUT2D eigenvalue weighted by Gasteiger charge is 2.21. The molecule has 1 atom stereocenters. The SMILES string of the molecule is CC1CCCCN1c1ncc(CCl)cc1Cl. The molecule has 1 saturated heterocycles. The molecular formula is C12H16Cl2N2. The van der Waals surface area contributed by atoms with E-state index in [9.17, 15) is 0 Å². The minimum Gasteiger partial charge on any atom is -0.353 e. The average molecular weight is 259 g/mol. The molecule has 4 heteroatoms. The highest BCUT2D eigenvalue weighted by Crippen LogP contribution is 2.29. The first-order chi connectivity index (χ1) is 7.72. The van der Waals surface area contributed by atoms with Gasteiger partial charge in [0.25, 0.3) is 0 Å². The highest BCUT2D eigenvalue weighted by atomic mass is 35.5. The Morgan fingerprint density at radius 2 is 2.31 bits per heavy atom. The molecule has 2 heterocycles. The predicted molar refractivity (Wildman–Crippen MR) is 69.5 cm³/mol. The van der Waals surface area contributed by atoms with Crippen molar-refractivity contribution < 1.29 is 0 Å². The normalized spacial score (nSPS) is 21.2. The van der Waals surface area contributed by atoms with Gasteiger partial charge in [0.2, 0.25) is 0 Å². The van der Waals surface area contributed by atoms with Gasteiger partial charge in [0.15, 0.2) is 0 Å². The molecule has 0 spiro atoms. The van der Waals surface area contributed by atoms with Crippen LogP contribution in [-0.4, -0.2) is 17.6 Å². The van der Waals surface area contributed by atoms with Crippen molar-refractivity contribution in [3.8, 4) is 0 Å². The lowest BCUT2D eigenvalue weighted by Gasteiger charge is -2.34. The van der Waals surface area contributed by atoms with Gasteiger partial charge in [-0.25, -0.2) is 4.98 Å². The lowest BCUT2D eigenvalue weighted by Crippen LogP contribution is -2.38. The number of hydrogen-bond acceptors (Lipinski definition) is 2. The molecule has 0 aromatic carbocycles. The maximum absolute atomic E-state index is 6.24. The van der Waals surface area contributed by atoms with Crippen LogP contribution in [0.4, 0.5) is 5.82 Å². The second-order valence-electron chi connectivity index (χ2n) is 4.32. The molecule has 1 fully saturated rings. The van der Waals surface area contributed by atoms with E-state index >= 15 is 0 Å². The van der Waals surface area contributed by atoms with Crippen LogP contribution >= 0.6 is 23.2 Å². The monoisotopic (exact) mass is 258 g/mol. The third kappa shape index (κ3) is 2.44. The third-order valence-electron chi connectivity index (χ3n) is 3.11. The molecule has 2 nitrogen and oxygen atoms in total. The standard InChI is InChI=1S/C12H16Cl2N2/c1-9-4-2-3-5-16(9)12-11(14)6-10(7-13)8-15-12/h6,8-9H,2-5,7H2,1H3. The van der Waals surface area contributed by atoms with Crippen LogP contribution in [0.5, 0.6) is 0 Å². The number of hydrogen-bond donors (Lipinski definition) is 0. The van der Waals surface area contributed by atoms with Gasteiger partial charge in [-0.1, -0.05) is 11.6 Å². The Morgan fingerprint density at radius 3 is 2.94 bits per heavy atom. The summed E-state index contributed by atoms with van der Waals surface area (Å²) in [5.74, 6) is 1.37. The van der Waals surface area contributed by atoms with Crippen LogP contribution < -0.4 is 4.90 Å². The molecule has 1 aliphatic heterocycles. The number of alkyl halides is 1. The summed E-state index contributed by atoms with van der Waals surface area (Å²) in [6, 6.07) is 2.44. The molecule has 0 amide bonds. The summed E-state index contributed by atoms with van der Waals surface area (Å²) >= 11 is 12.0. The van der Waals surface area contributed by atoms with Crippen LogP contribution in [0.25, 0.3) is 0 Å². The Labute approximate surface area is 107 Å². The topological polar surface area (TPSA) is 16.1 Å². The second kappa shape index (κ2) is 5.24. The maximum atomic E-state index is 6.24. The zero-order chi connectivity index (χ0) is 11.5. The molecule has 1 aliphatic rings. The molecule has 16 heavy (non-hydrogen) atoms. The van der Waals surface area contributed by atoms with Gasteiger partial charge in [0.05, 0.1) is 5.02 Å². The van der Waals surface area contributed by atoms with Crippen LogP contribution in [0.15, 0.2) is 12.3 Å². The van der Waals surface area contributed by atoms with E-state index in [-0.39, 0.29) is 0 Å². The van der Waals surface area contributed by atoms with Gasteiger partial charge in [-0.2, -0.15) is 0 Å². The van der Waals surface area contributed by atoms with Crippen LogP contribution in [-0.2, 0) is 5.88 Å². The molecule has 0 radical (unpaired) electrons. The zero-order valence-corrected chi connectivity index (χ0v) is 10.9. The fourth-order valence-electron chi connectivity index (χ4n) is 2.17. The minimum atomic E-state index is 0.461. The summed E-state index contributed by atoms with van der Waals surface area (Å²) in [5.41, 5.74) is 0.972. The Bertz CT molecular complexity index is 368. The van der Waals surface area contributed by atoms with Gasteiger partial charge >= 0.3 is 0 Å². The van der Waals surface area contributed by atoms with Gasteiger partial charge in [0, 0.05) is 24.7 Å². The van der Waals surface area contributed by atoms with Gasteiger partial charge in [-0.3, -0.25) is 0 Å². The first-order valence-corrected chi connectivity index (χ1v) is 6.60. The van der Waals surface area contributed by atoms with E-state index in [1.807, 2.05) is 12.3 Å². The molecule has 0 N–H and O–H groups in total. The molecule has 0 saturated carbocycles. The molecule has 0 aliphatic carbocycles. The highest BCUT2D eigenvalue weighted by molar-refractivity contribution is 6.33. The smallest absolute Gasteiger partial charge is 0.147 e. The van der Waals surface area contributed by atoms with Crippen molar-refractivity contribution in [3.05, 3.63) is 22.8 Å². The van der Waals surface area contributed by atoms with Crippen molar-refractivity contribution in [1.82, 2.24) is 4.98 Å². The molecule has 88 valence electrons. The van der Waals surface area contributed by atoms with E-state index < -0.39 is 0 Å². The number of rotatable bonds is 2. The molecule has 2 rings (SSSR count). The average Bonchev–Trinajstić information content (AvgIpc) is 2.30. The molecule has 1 unspecified atom stereocenters. The number of pyridine rings is 1. The Kier molecular flexibility index (Phi) is 3.93. The summed E-state index contributed by atoms with van der Waals surface area (Å²) in [7, 11) is 0. The van der Waals surface area contributed by atoms with E-state index in [2.05, 4.69) is 16.8 Å². The summed E-state index contributed by atoms with van der Waals surface area (Å²) in [6.45, 7) is 3.28. The minimum absolute atomic E-state index is 0.461. The number of anilines is 1. The first kappa shape index (κ1) is 12.0. The number of nitrogens with zero attached hydrogens (tertiary/aromatic N) is 2. The third-order valence-corrected chi connectivity index (χ3v) is 3.69. The molecule has 1 aromatic rings. The fourth-order valence-corrected chi connectivity index (χ4v) is 2.61. The van der Waals surface area contributed by atoms with E-state index in [4.69, 9.17) is 23.2 Å². The lowest BCUT2D eigenvalue weighted by atomic mass is 10.0. The fraction of sp³-hybridized carbons (Fsp3) is 0.583. The summed E-state index contributed by atoms with van der Waals surface area (Å²) in [5, 5.41) is 0.715. The number of aromatic nitrogens is 1. The van der Waals surface area contributed by atoms with Crippen LogP contribution in [0.3, 0.4) is 0 Å². The lowest BCUT2D eigenvalue weighted by molar-refractivity contribution is 0.481. The van der Waals surface area contributed by atoms with Gasteiger partial charge in [0.1, 0.15) is 5.82 Å². The predicted octanol–water partition coefficient (Wildman–Crippen LogP) is 3.85. The summed E-state index contributed by atoms with van der Waals surface area (Å²) < 4.78 is 0. The Hall–Kier alpha value is -0.470. The quantitative estimate of drug-likeness (QED) is 0.750. The number of halogens is 2. The van der Waals surface area contributed by atoms with Gasteiger partial charge < -0.3 is 4.90 Å². The van der Waals surface area contributed by atoms with Gasteiger partial charge in [-0.15, -0.1) is 11.6 Å². The molecule has 0 bridgehead atoms. The van der Waals surface area contributed by atoms with E-state index in [0.29, 0.717) is 16.9 Å². The van der Waals surface area contributed by atoms with E-state index in [0.717, 1.165) is 17.9 Å². The van der Waals surface area contributed by atoms with Crippen molar-refractivity contribution in [2.75, 3.05) is 11.4 Å². The second-order valence-corrected chi connectivity index (χ2v) is 5.00. The van der Waals surface area contributed by atoms with Crippen LogP contribution in [0.2, 0.25) is 5.02 Å². The number of piperidine rings is 1. The zero-order valence-electron chi connectivity index (χ0n) is 9.42. The van der Waals surface area contributed by atoms with Crippen molar-refractivity contribution in [3.63, 3.8) is 0 Å². The van der Waals surface area contributed by atoms with Crippen molar-refractivity contribution >= 4 is 29.0 Å². The van der Waals surface area contributed by atoms with E-state index in [1.54, 1.807) is 0 Å². The van der Waals surface area contributed by atoms with Crippen LogP contribution in [0.1, 0.15) is 31.7 Å². The van der Waals surface area contributed by atoms with Crippen molar-refractivity contribution in [2.45, 2.75) is 38.1 Å². The Balaban J connectivity index is 2.25. The van der Waals surface area contributed by atoms with Crippen molar-refractivity contribution in [2.24, 2.45) is 0 Å². The molecule has 1 aromatic heterocycles. The Morgan fingerprint density at radius 1 is 1.50 bits per heavy atom. The van der Waals surface area contributed by atoms with E-state index in [1.165, 1.54) is 19.3 Å². The molecular weight excluding hydrogens is 243 g/mol. The van der Waals surface area contributed by atoms with Gasteiger partial charge in [-0.05, 0) is 37.8 Å². The largest absolute Gasteiger partial charge is 0.353 e. The maximum Gasteiger partial charge on any atom is 0.147 e. The first-order valence-electron chi connectivity index (χ1n) is 5.69. The summed E-state index contributed by atoms with van der Waals surface area (Å²) in [4.78, 5) is 6.73. The van der Waals surface area contributed by atoms with Crippen LogP contribution in [0, 0.1) is 0 Å². The summed E-state index contributed by atoms with van der Waals surface area (Å²) in [6.07, 6.45) is 5.56.